The van der Waals surface area contributed by atoms with Crippen LogP contribution in [-0.2, 0) is 14.2 Å². The Hall–Kier alpha value is -2.10. The fraction of sp³-hybridized carbons (Fsp3) is 0.625. The maximum Gasteiger partial charge on any atom is 0.181 e. The molecule has 134 valence electrons. The van der Waals surface area contributed by atoms with E-state index in [-0.39, 0.29) is 35.6 Å². The Kier molecular flexibility index (Phi) is 3.57. The summed E-state index contributed by atoms with van der Waals surface area (Å²) in [4.78, 5) is 20.3. The summed E-state index contributed by atoms with van der Waals surface area (Å²) in [6.45, 7) is 7.21. The molecule has 0 saturated carbocycles. The molecule has 25 heavy (non-hydrogen) atoms. The first-order valence-electron chi connectivity index (χ1n) is 8.33. The van der Waals surface area contributed by atoms with E-state index in [4.69, 9.17) is 19.9 Å². The molecule has 9 nitrogen and oxygen atoms in total. The van der Waals surface area contributed by atoms with E-state index in [1.54, 1.807) is 4.68 Å². The summed E-state index contributed by atoms with van der Waals surface area (Å²) in [7, 11) is 0. The van der Waals surface area contributed by atoms with Crippen LogP contribution in [0.25, 0.3) is 11.0 Å². The first-order valence-corrected chi connectivity index (χ1v) is 8.33. The van der Waals surface area contributed by atoms with Crippen LogP contribution in [0.1, 0.15) is 50.8 Å². The molecule has 4 rings (SSSR count). The second kappa shape index (κ2) is 5.45. The van der Waals surface area contributed by atoms with E-state index in [2.05, 4.69) is 15.1 Å². The second-order valence-electron chi connectivity index (χ2n) is 6.84. The summed E-state index contributed by atoms with van der Waals surface area (Å²) < 4.78 is 19.8. The zero-order chi connectivity index (χ0) is 17.9. The Bertz CT molecular complexity index is 848. The number of nitrogens with two attached hydrogens (primary N) is 1. The largest absolute Gasteiger partial charge is 0.383 e. The van der Waals surface area contributed by atoms with Gasteiger partial charge in [0.05, 0.1) is 11.5 Å². The van der Waals surface area contributed by atoms with Crippen LogP contribution in [-0.4, -0.2) is 49.6 Å². The Morgan fingerprint density at radius 1 is 1.32 bits per heavy atom. The van der Waals surface area contributed by atoms with Crippen LogP contribution in [0.3, 0.4) is 0 Å². The van der Waals surface area contributed by atoms with E-state index in [1.165, 1.54) is 13.3 Å². The number of fused-ring (bicyclic) bond motifs is 2. The third-order valence-electron chi connectivity index (χ3n) is 4.62. The Balaban J connectivity index is 1.85. The van der Waals surface area contributed by atoms with Crippen molar-refractivity contribution in [2.24, 2.45) is 0 Å². The summed E-state index contributed by atoms with van der Waals surface area (Å²) >= 11 is 0. The van der Waals surface area contributed by atoms with Gasteiger partial charge in [-0.25, -0.2) is 14.6 Å². The number of ether oxygens (including phenoxy) is 3. The van der Waals surface area contributed by atoms with Crippen LogP contribution in [0.2, 0.25) is 0 Å². The molecule has 0 radical (unpaired) electrons. The molecule has 0 spiro atoms. The molecular weight excluding hydrogens is 326 g/mol. The number of hydrogen-bond acceptors (Lipinski definition) is 8. The number of anilines is 1. The lowest BCUT2D eigenvalue weighted by atomic mass is 10.1. The van der Waals surface area contributed by atoms with Crippen molar-refractivity contribution in [2.45, 2.75) is 64.4 Å². The van der Waals surface area contributed by atoms with Crippen molar-refractivity contribution in [1.82, 2.24) is 19.7 Å². The molecule has 2 fully saturated rings. The number of carbonyl (C=O) groups is 1. The molecule has 2 N–H and O–H groups in total. The van der Waals surface area contributed by atoms with E-state index < -0.39 is 12.0 Å². The molecule has 2 aromatic rings. The maximum atomic E-state index is 12.0. The van der Waals surface area contributed by atoms with Crippen molar-refractivity contribution in [3.8, 4) is 0 Å². The summed E-state index contributed by atoms with van der Waals surface area (Å²) in [5.74, 6) is -0.701. The molecule has 0 bridgehead atoms. The number of rotatable bonds is 3. The lowest BCUT2D eigenvalue weighted by Crippen LogP contribution is -2.29. The Morgan fingerprint density at radius 3 is 2.72 bits per heavy atom. The van der Waals surface area contributed by atoms with Crippen molar-refractivity contribution < 1.29 is 19.0 Å². The van der Waals surface area contributed by atoms with Gasteiger partial charge in [0.15, 0.2) is 23.4 Å². The predicted molar refractivity (Wildman–Crippen MR) is 87.8 cm³/mol. The quantitative estimate of drug-likeness (QED) is 0.830. The molecule has 9 heteroatoms. The minimum Gasteiger partial charge on any atom is -0.383 e. The number of hydrogen-bond donors (Lipinski definition) is 1. The fourth-order valence-electron chi connectivity index (χ4n) is 3.60. The van der Waals surface area contributed by atoms with E-state index in [0.717, 1.165) is 6.42 Å². The van der Waals surface area contributed by atoms with Crippen LogP contribution >= 0.6 is 0 Å². The number of ketones is 1. The number of carbonyl (C=O) groups excluding carboxylic acids is 1. The highest BCUT2D eigenvalue weighted by atomic mass is 16.8. The molecule has 0 amide bonds. The van der Waals surface area contributed by atoms with Gasteiger partial charge in [0, 0.05) is 6.92 Å². The molecule has 2 aliphatic rings. The highest BCUT2D eigenvalue weighted by Gasteiger charge is 2.56. The van der Waals surface area contributed by atoms with Gasteiger partial charge in [-0.05, 0) is 20.3 Å². The highest BCUT2D eigenvalue weighted by molar-refractivity contribution is 6.07. The minimum atomic E-state index is -0.703. The molecule has 2 aliphatic heterocycles. The van der Waals surface area contributed by atoms with Crippen LogP contribution in [0.15, 0.2) is 6.33 Å². The maximum absolute atomic E-state index is 12.0. The van der Waals surface area contributed by atoms with Gasteiger partial charge in [-0.2, -0.15) is 5.10 Å². The molecular formula is C16H21N5O4. The third kappa shape index (κ3) is 2.42. The average molecular weight is 347 g/mol. The van der Waals surface area contributed by atoms with Gasteiger partial charge in [-0.15, -0.1) is 0 Å². The summed E-state index contributed by atoms with van der Waals surface area (Å²) in [5.41, 5.74) is 6.64. The Morgan fingerprint density at radius 2 is 2.04 bits per heavy atom. The fourth-order valence-corrected chi connectivity index (χ4v) is 3.60. The lowest BCUT2D eigenvalue weighted by Gasteiger charge is -2.24. The standard InChI is InChI=1S/C16H21N5O4/c1-5-8-11-12(25-16(3,4)24-11)15(23-8)21-14-9(10(20-21)7(2)22)13(17)18-6-19-14/h6,8,11-12,15H,5H2,1-4H3,(H2,17,18,19)/t8-,11-,12-,15-/m1/s1. The monoisotopic (exact) mass is 347 g/mol. The number of Topliss-reactive ketones (excluding diaryl/α,β-unsaturated/α-hetero) is 1. The van der Waals surface area contributed by atoms with E-state index in [0.29, 0.717) is 11.0 Å². The normalized spacial score (nSPS) is 30.7. The molecule has 2 saturated heterocycles. The topological polar surface area (TPSA) is 114 Å². The van der Waals surface area contributed by atoms with E-state index in [1.807, 2.05) is 20.8 Å². The second-order valence-corrected chi connectivity index (χ2v) is 6.84. The molecule has 2 aromatic heterocycles. The first-order chi connectivity index (χ1) is 11.8. The van der Waals surface area contributed by atoms with Crippen molar-refractivity contribution >= 4 is 22.6 Å². The lowest BCUT2D eigenvalue weighted by molar-refractivity contribution is -0.197. The van der Waals surface area contributed by atoms with Gasteiger partial charge in [0.1, 0.15) is 30.0 Å². The molecule has 0 unspecified atom stereocenters. The number of aromatic nitrogens is 4. The van der Waals surface area contributed by atoms with Gasteiger partial charge in [0.25, 0.3) is 0 Å². The van der Waals surface area contributed by atoms with Crippen LogP contribution in [0.5, 0.6) is 0 Å². The van der Waals surface area contributed by atoms with Crippen molar-refractivity contribution in [1.29, 1.82) is 0 Å². The number of nitrogens with zero attached hydrogens (tertiary/aromatic N) is 4. The van der Waals surface area contributed by atoms with Crippen molar-refractivity contribution in [2.75, 3.05) is 5.73 Å². The van der Waals surface area contributed by atoms with Gasteiger partial charge in [-0.3, -0.25) is 4.79 Å². The summed E-state index contributed by atoms with van der Waals surface area (Å²) in [6.07, 6.45) is 0.882. The minimum absolute atomic E-state index is 0.129. The van der Waals surface area contributed by atoms with Gasteiger partial charge in [-0.1, -0.05) is 6.92 Å². The average Bonchev–Trinajstić information content (AvgIpc) is 3.16. The van der Waals surface area contributed by atoms with Gasteiger partial charge in [0.2, 0.25) is 0 Å². The van der Waals surface area contributed by atoms with E-state index >= 15 is 0 Å². The van der Waals surface area contributed by atoms with Gasteiger partial charge < -0.3 is 19.9 Å². The summed E-state index contributed by atoms with van der Waals surface area (Å²) in [6, 6.07) is 0. The highest BCUT2D eigenvalue weighted by Crippen LogP contribution is 2.44. The van der Waals surface area contributed by atoms with Crippen LogP contribution in [0, 0.1) is 0 Å². The smallest absolute Gasteiger partial charge is 0.181 e. The molecule has 4 heterocycles. The number of nitrogen functional groups attached to an aromatic ring is 1. The first kappa shape index (κ1) is 16.4. The third-order valence-corrected chi connectivity index (χ3v) is 4.62. The molecule has 0 aromatic carbocycles. The molecule has 4 atom stereocenters. The van der Waals surface area contributed by atoms with Gasteiger partial charge >= 0.3 is 0 Å². The van der Waals surface area contributed by atoms with Crippen molar-refractivity contribution in [3.63, 3.8) is 0 Å². The Labute approximate surface area is 144 Å². The van der Waals surface area contributed by atoms with Crippen LogP contribution in [0.4, 0.5) is 5.82 Å². The predicted octanol–water partition coefficient (Wildman–Crippen LogP) is 1.44. The summed E-state index contributed by atoms with van der Waals surface area (Å²) in [5, 5.41) is 4.87. The van der Waals surface area contributed by atoms with Crippen LogP contribution < -0.4 is 5.73 Å². The van der Waals surface area contributed by atoms with Crippen molar-refractivity contribution in [3.05, 3.63) is 12.0 Å². The zero-order valence-corrected chi connectivity index (χ0v) is 14.6. The molecule has 0 aliphatic carbocycles. The van der Waals surface area contributed by atoms with E-state index in [9.17, 15) is 4.79 Å². The SMILES string of the molecule is CC[C@H]1O[C@@H](n2nc(C(C)=O)c3c(N)ncnc32)[C@@H]2OC(C)(C)O[C@@H]21. The zero-order valence-electron chi connectivity index (χ0n) is 14.6.